The van der Waals surface area contributed by atoms with Gasteiger partial charge in [0.05, 0.1) is 5.69 Å². The number of aromatic nitrogens is 2. The standard InChI is InChI=1S/C24H23F2N5O/c1-15-10-16-2-5-21(24(26)18(16)11-15)32-23-13-22(28-14-29-23)31-8-6-30(7-9-31)20-4-3-17(27)12-19(20)25/h2-5,11-14H,6-10,27H2,1H3. The summed E-state index contributed by atoms with van der Waals surface area (Å²) in [5.74, 6) is 0.406. The van der Waals surface area contributed by atoms with Crippen LogP contribution in [-0.2, 0) is 6.42 Å². The van der Waals surface area contributed by atoms with E-state index in [2.05, 4.69) is 14.9 Å². The first-order chi connectivity index (χ1) is 15.5. The molecule has 0 unspecified atom stereocenters. The second kappa shape index (κ2) is 8.11. The summed E-state index contributed by atoms with van der Waals surface area (Å²) in [4.78, 5) is 12.6. The van der Waals surface area contributed by atoms with E-state index in [-0.39, 0.29) is 23.3 Å². The summed E-state index contributed by atoms with van der Waals surface area (Å²) >= 11 is 0. The van der Waals surface area contributed by atoms with E-state index in [1.807, 2.05) is 24.0 Å². The van der Waals surface area contributed by atoms with Crippen LogP contribution in [-0.4, -0.2) is 36.1 Å². The Morgan fingerprint density at radius 3 is 2.53 bits per heavy atom. The van der Waals surface area contributed by atoms with Gasteiger partial charge in [-0.05, 0) is 43.2 Å². The summed E-state index contributed by atoms with van der Waals surface area (Å²) in [7, 11) is 0. The molecule has 1 saturated heterocycles. The fourth-order valence-corrected chi connectivity index (χ4v) is 4.23. The van der Waals surface area contributed by atoms with Gasteiger partial charge < -0.3 is 20.3 Å². The van der Waals surface area contributed by atoms with Crippen molar-refractivity contribution in [1.29, 1.82) is 0 Å². The molecular formula is C24H23F2N5O. The highest BCUT2D eigenvalue weighted by atomic mass is 19.1. The molecule has 1 aromatic heterocycles. The molecule has 1 aliphatic carbocycles. The molecule has 8 heteroatoms. The molecule has 0 radical (unpaired) electrons. The SMILES string of the molecule is CC1=Cc2c(ccc(Oc3cc(N4CCN(c5ccc(N)cc5F)CC4)ncn3)c2F)C1. The van der Waals surface area contributed by atoms with Crippen molar-refractivity contribution in [2.24, 2.45) is 0 Å². The number of halogens is 2. The third-order valence-corrected chi connectivity index (χ3v) is 5.85. The van der Waals surface area contributed by atoms with Crippen LogP contribution in [0.15, 0.2) is 48.3 Å². The van der Waals surface area contributed by atoms with Crippen LogP contribution in [0.4, 0.5) is 26.0 Å². The van der Waals surface area contributed by atoms with Gasteiger partial charge in [0.15, 0.2) is 11.6 Å². The van der Waals surface area contributed by atoms with Gasteiger partial charge in [-0.15, -0.1) is 0 Å². The van der Waals surface area contributed by atoms with Crippen molar-refractivity contribution < 1.29 is 13.5 Å². The van der Waals surface area contributed by atoms with Crippen molar-refractivity contribution >= 4 is 23.3 Å². The van der Waals surface area contributed by atoms with Crippen LogP contribution in [0.5, 0.6) is 11.6 Å². The number of nitrogens with two attached hydrogens (primary N) is 1. The number of anilines is 3. The van der Waals surface area contributed by atoms with Gasteiger partial charge in [0, 0.05) is 43.5 Å². The van der Waals surface area contributed by atoms with E-state index < -0.39 is 0 Å². The van der Waals surface area contributed by atoms with E-state index in [1.54, 1.807) is 24.3 Å². The number of hydrogen-bond acceptors (Lipinski definition) is 6. The molecule has 2 aliphatic rings. The van der Waals surface area contributed by atoms with Crippen molar-refractivity contribution in [2.45, 2.75) is 13.3 Å². The van der Waals surface area contributed by atoms with Crippen LogP contribution in [0.2, 0.25) is 0 Å². The lowest BCUT2D eigenvalue weighted by molar-refractivity contribution is 0.425. The number of rotatable bonds is 4. The Hall–Kier alpha value is -3.68. The van der Waals surface area contributed by atoms with Gasteiger partial charge in [0.25, 0.3) is 0 Å². The van der Waals surface area contributed by atoms with Crippen molar-refractivity contribution in [3.63, 3.8) is 0 Å². The molecule has 0 spiro atoms. The van der Waals surface area contributed by atoms with Gasteiger partial charge in [-0.3, -0.25) is 0 Å². The van der Waals surface area contributed by atoms with Crippen molar-refractivity contribution in [1.82, 2.24) is 9.97 Å². The van der Waals surface area contributed by atoms with Crippen LogP contribution in [0, 0.1) is 11.6 Å². The Kier molecular flexibility index (Phi) is 5.13. The predicted octanol–water partition coefficient (Wildman–Crippen LogP) is 4.42. The quantitative estimate of drug-likeness (QED) is 0.612. The van der Waals surface area contributed by atoms with E-state index in [0.717, 1.165) is 17.6 Å². The molecule has 164 valence electrons. The lowest BCUT2D eigenvalue weighted by atomic mass is 10.1. The zero-order valence-electron chi connectivity index (χ0n) is 17.7. The highest BCUT2D eigenvalue weighted by Crippen LogP contribution is 2.34. The Bertz CT molecular complexity index is 1200. The lowest BCUT2D eigenvalue weighted by Crippen LogP contribution is -2.47. The minimum atomic E-state index is -0.376. The topological polar surface area (TPSA) is 67.5 Å². The number of hydrogen-bond donors (Lipinski definition) is 1. The Balaban J connectivity index is 1.29. The largest absolute Gasteiger partial charge is 0.436 e. The Morgan fingerprint density at radius 1 is 0.969 bits per heavy atom. The molecule has 32 heavy (non-hydrogen) atoms. The monoisotopic (exact) mass is 435 g/mol. The van der Waals surface area contributed by atoms with Crippen LogP contribution in [0.25, 0.3) is 6.08 Å². The van der Waals surface area contributed by atoms with E-state index in [1.165, 1.54) is 12.4 Å². The summed E-state index contributed by atoms with van der Waals surface area (Å²) in [6.07, 6.45) is 4.02. The smallest absolute Gasteiger partial charge is 0.224 e. The van der Waals surface area contributed by atoms with Gasteiger partial charge in [-0.25, -0.2) is 18.7 Å². The minimum Gasteiger partial charge on any atom is -0.436 e. The minimum absolute atomic E-state index is 0.142. The lowest BCUT2D eigenvalue weighted by Gasteiger charge is -2.36. The third kappa shape index (κ3) is 3.84. The molecule has 0 saturated carbocycles. The maximum Gasteiger partial charge on any atom is 0.224 e. The van der Waals surface area contributed by atoms with E-state index >= 15 is 0 Å². The molecule has 0 bridgehead atoms. The van der Waals surface area contributed by atoms with Gasteiger partial charge in [0.2, 0.25) is 5.88 Å². The summed E-state index contributed by atoms with van der Waals surface area (Å²) in [6.45, 7) is 4.55. The van der Waals surface area contributed by atoms with Crippen molar-refractivity contribution in [2.75, 3.05) is 41.7 Å². The number of fused-ring (bicyclic) bond motifs is 1. The van der Waals surface area contributed by atoms with Gasteiger partial charge >= 0.3 is 0 Å². The molecule has 6 nitrogen and oxygen atoms in total. The van der Waals surface area contributed by atoms with E-state index in [9.17, 15) is 8.78 Å². The zero-order valence-corrected chi connectivity index (χ0v) is 17.7. The third-order valence-electron chi connectivity index (χ3n) is 5.85. The number of benzene rings is 2. The number of allylic oxidation sites excluding steroid dienone is 1. The average Bonchev–Trinajstić information content (AvgIpc) is 3.17. The maximum atomic E-state index is 14.9. The first-order valence-electron chi connectivity index (χ1n) is 10.5. The van der Waals surface area contributed by atoms with Gasteiger partial charge in [0.1, 0.15) is 18.0 Å². The molecule has 0 amide bonds. The number of ether oxygens (including phenoxy) is 1. The number of nitrogens with zero attached hydrogens (tertiary/aromatic N) is 4. The highest BCUT2D eigenvalue weighted by Gasteiger charge is 2.22. The van der Waals surface area contributed by atoms with E-state index in [4.69, 9.17) is 10.5 Å². The predicted molar refractivity (Wildman–Crippen MR) is 121 cm³/mol. The maximum absolute atomic E-state index is 14.9. The molecule has 1 fully saturated rings. The molecule has 2 aromatic carbocycles. The van der Waals surface area contributed by atoms with Gasteiger partial charge in [-0.2, -0.15) is 0 Å². The summed E-state index contributed by atoms with van der Waals surface area (Å²) in [5, 5.41) is 0. The van der Waals surface area contributed by atoms with Crippen molar-refractivity contribution in [3.8, 4) is 11.6 Å². The molecule has 3 aromatic rings. The van der Waals surface area contributed by atoms with Crippen LogP contribution in [0.1, 0.15) is 18.1 Å². The van der Waals surface area contributed by atoms with Crippen LogP contribution >= 0.6 is 0 Å². The first kappa shape index (κ1) is 20.2. The molecule has 5 rings (SSSR count). The van der Waals surface area contributed by atoms with E-state index in [0.29, 0.717) is 48.9 Å². The van der Waals surface area contributed by atoms with Gasteiger partial charge in [-0.1, -0.05) is 17.7 Å². The summed E-state index contributed by atoms with van der Waals surface area (Å²) in [5.41, 5.74) is 9.27. The number of piperazine rings is 1. The van der Waals surface area contributed by atoms with Crippen LogP contribution < -0.4 is 20.3 Å². The Morgan fingerprint density at radius 2 is 1.75 bits per heavy atom. The molecular weight excluding hydrogens is 412 g/mol. The second-order valence-electron chi connectivity index (χ2n) is 8.12. The van der Waals surface area contributed by atoms with Crippen molar-refractivity contribution in [3.05, 3.63) is 71.1 Å². The molecule has 2 heterocycles. The van der Waals surface area contributed by atoms with Crippen LogP contribution in [0.3, 0.4) is 0 Å². The fraction of sp³-hybridized carbons (Fsp3) is 0.250. The molecule has 2 N–H and O–H groups in total. The summed E-state index contributed by atoms with van der Waals surface area (Å²) < 4.78 is 34.9. The fourth-order valence-electron chi connectivity index (χ4n) is 4.23. The molecule has 0 atom stereocenters. The Labute approximate surface area is 185 Å². The number of nitrogen functional groups attached to an aromatic ring is 1. The average molecular weight is 435 g/mol. The normalized spacial score (nSPS) is 15.5. The first-order valence-corrected chi connectivity index (χ1v) is 10.5. The summed E-state index contributed by atoms with van der Waals surface area (Å²) in [6, 6.07) is 9.98. The highest BCUT2D eigenvalue weighted by molar-refractivity contribution is 5.66. The zero-order chi connectivity index (χ0) is 22.2. The molecule has 1 aliphatic heterocycles. The second-order valence-corrected chi connectivity index (χ2v) is 8.12.